The Kier molecular flexibility index (Phi) is 4.02. The van der Waals surface area contributed by atoms with Crippen molar-refractivity contribution in [1.82, 2.24) is 4.90 Å². The predicted octanol–water partition coefficient (Wildman–Crippen LogP) is 3.58. The first kappa shape index (κ1) is 12.4. The lowest BCUT2D eigenvalue weighted by molar-refractivity contribution is -0.122. The molecule has 1 aliphatic heterocycles. The lowest BCUT2D eigenvalue weighted by Crippen LogP contribution is -2.29. The molecule has 0 saturated carbocycles. The molecule has 2 rings (SSSR count). The second kappa shape index (κ2) is 5.51. The number of hydrogen-bond donors (Lipinski definition) is 0. The number of hydrogen-bond acceptors (Lipinski definition) is 4. The Morgan fingerprint density at radius 3 is 2.88 bits per heavy atom. The van der Waals surface area contributed by atoms with E-state index < -0.39 is 0 Å². The van der Waals surface area contributed by atoms with Gasteiger partial charge in [0, 0.05) is 11.4 Å². The molecule has 1 aliphatic rings. The van der Waals surface area contributed by atoms with E-state index in [4.69, 9.17) is 0 Å². The number of unbranched alkanes of at least 4 members (excludes halogenated alkanes) is 1. The van der Waals surface area contributed by atoms with Gasteiger partial charge in [0.25, 0.3) is 11.1 Å². The molecule has 0 atom stereocenters. The van der Waals surface area contributed by atoms with Gasteiger partial charge in [-0.2, -0.15) is 0 Å². The van der Waals surface area contributed by atoms with Crippen LogP contribution < -0.4 is 0 Å². The van der Waals surface area contributed by atoms with Crippen molar-refractivity contribution < 1.29 is 9.59 Å². The Labute approximate surface area is 109 Å². The molecule has 3 nitrogen and oxygen atoms in total. The van der Waals surface area contributed by atoms with Gasteiger partial charge in [-0.25, -0.2) is 0 Å². The van der Waals surface area contributed by atoms with Gasteiger partial charge in [-0.3, -0.25) is 14.5 Å². The lowest BCUT2D eigenvalue weighted by Gasteiger charge is -2.10. The number of carbonyl (C=O) groups is 2. The van der Waals surface area contributed by atoms with Crippen LogP contribution in [0, 0.1) is 0 Å². The largest absolute Gasteiger partial charge is 0.293 e. The molecule has 0 N–H and O–H groups in total. The summed E-state index contributed by atoms with van der Waals surface area (Å²) in [4.78, 5) is 26.5. The van der Waals surface area contributed by atoms with Gasteiger partial charge in [0.05, 0.1) is 4.91 Å². The van der Waals surface area contributed by atoms with Crippen LogP contribution in [0.15, 0.2) is 22.4 Å². The third kappa shape index (κ3) is 2.79. The van der Waals surface area contributed by atoms with E-state index in [1.165, 1.54) is 4.90 Å². The Bertz CT molecular complexity index is 451. The fraction of sp³-hybridized carbons (Fsp3) is 0.333. The molecule has 1 saturated heterocycles. The van der Waals surface area contributed by atoms with Crippen LogP contribution in [0.4, 0.5) is 4.79 Å². The van der Waals surface area contributed by atoms with E-state index >= 15 is 0 Å². The van der Waals surface area contributed by atoms with Crippen LogP contribution in [0.2, 0.25) is 0 Å². The summed E-state index contributed by atoms with van der Waals surface area (Å²) in [6, 6.07) is 3.86. The molecule has 1 aromatic rings. The maximum absolute atomic E-state index is 12.0. The number of carbonyl (C=O) groups excluding carboxylic acids is 2. The van der Waals surface area contributed by atoms with Crippen molar-refractivity contribution in [2.75, 3.05) is 6.54 Å². The molecule has 2 amide bonds. The first-order chi connectivity index (χ1) is 8.22. The smallest absolute Gasteiger partial charge is 0.268 e. The summed E-state index contributed by atoms with van der Waals surface area (Å²) in [6.07, 6.45) is 3.64. The molecular weight excluding hydrogens is 254 g/mol. The monoisotopic (exact) mass is 267 g/mol. The van der Waals surface area contributed by atoms with Crippen LogP contribution >= 0.6 is 23.1 Å². The van der Waals surface area contributed by atoms with Crippen molar-refractivity contribution in [2.45, 2.75) is 19.8 Å². The summed E-state index contributed by atoms with van der Waals surface area (Å²) in [5, 5.41) is 1.80. The van der Waals surface area contributed by atoms with Crippen molar-refractivity contribution in [3.63, 3.8) is 0 Å². The van der Waals surface area contributed by atoms with Crippen molar-refractivity contribution >= 4 is 40.3 Å². The Hall–Kier alpha value is -1.07. The van der Waals surface area contributed by atoms with Crippen LogP contribution in [0.3, 0.4) is 0 Å². The molecule has 17 heavy (non-hydrogen) atoms. The Balaban J connectivity index is 2.13. The molecule has 1 aromatic heterocycles. The van der Waals surface area contributed by atoms with Crippen molar-refractivity contribution in [2.24, 2.45) is 0 Å². The lowest BCUT2D eigenvalue weighted by atomic mass is 10.3. The van der Waals surface area contributed by atoms with Crippen molar-refractivity contribution in [3.8, 4) is 0 Å². The molecule has 0 unspecified atom stereocenters. The molecule has 90 valence electrons. The zero-order valence-corrected chi connectivity index (χ0v) is 11.1. The third-order valence-electron chi connectivity index (χ3n) is 2.43. The number of imide groups is 1. The highest BCUT2D eigenvalue weighted by molar-refractivity contribution is 8.18. The van der Waals surface area contributed by atoms with Crippen molar-refractivity contribution in [1.29, 1.82) is 0 Å². The first-order valence-corrected chi connectivity index (χ1v) is 7.21. The van der Waals surface area contributed by atoms with E-state index in [-0.39, 0.29) is 11.1 Å². The minimum Gasteiger partial charge on any atom is -0.268 e. The van der Waals surface area contributed by atoms with Gasteiger partial charge in [0.15, 0.2) is 0 Å². The maximum atomic E-state index is 12.0. The minimum atomic E-state index is -0.151. The van der Waals surface area contributed by atoms with Gasteiger partial charge >= 0.3 is 0 Å². The molecular formula is C12H13NO2S2. The molecule has 0 aromatic carbocycles. The van der Waals surface area contributed by atoms with E-state index in [2.05, 4.69) is 0 Å². The maximum Gasteiger partial charge on any atom is 0.293 e. The molecule has 0 radical (unpaired) electrons. The van der Waals surface area contributed by atoms with Gasteiger partial charge in [0.1, 0.15) is 0 Å². The van der Waals surface area contributed by atoms with Crippen LogP contribution in [-0.2, 0) is 4.79 Å². The molecule has 5 heteroatoms. The Morgan fingerprint density at radius 1 is 1.41 bits per heavy atom. The minimum absolute atomic E-state index is 0.147. The molecule has 0 spiro atoms. The molecule has 0 aliphatic carbocycles. The molecule has 1 fully saturated rings. The summed E-state index contributed by atoms with van der Waals surface area (Å²) in [7, 11) is 0. The van der Waals surface area contributed by atoms with Crippen LogP contribution in [0.1, 0.15) is 24.6 Å². The quantitative estimate of drug-likeness (QED) is 0.782. The number of thioether (sulfide) groups is 1. The summed E-state index contributed by atoms with van der Waals surface area (Å²) in [5.41, 5.74) is 0. The number of rotatable bonds is 4. The topological polar surface area (TPSA) is 37.4 Å². The van der Waals surface area contributed by atoms with Crippen LogP contribution in [0.5, 0.6) is 0 Å². The second-order valence-corrected chi connectivity index (χ2v) is 5.67. The van der Waals surface area contributed by atoms with Gasteiger partial charge in [-0.05, 0) is 35.7 Å². The highest BCUT2D eigenvalue weighted by Gasteiger charge is 2.34. The van der Waals surface area contributed by atoms with Gasteiger partial charge < -0.3 is 0 Å². The standard InChI is InChI=1S/C12H13NO2S2/c1-2-3-6-13-11(14)10(17-12(13)15)8-9-5-4-7-16-9/h4-5,7-8H,2-3,6H2,1H3. The zero-order chi connectivity index (χ0) is 12.3. The van der Waals surface area contributed by atoms with Crippen molar-refractivity contribution in [3.05, 3.63) is 27.3 Å². The summed E-state index contributed by atoms with van der Waals surface area (Å²) in [5.74, 6) is -0.151. The van der Waals surface area contributed by atoms with Crippen LogP contribution in [0.25, 0.3) is 6.08 Å². The van der Waals surface area contributed by atoms with E-state index in [9.17, 15) is 9.59 Å². The van der Waals surface area contributed by atoms with Gasteiger partial charge in [-0.1, -0.05) is 19.4 Å². The average molecular weight is 267 g/mol. The normalized spacial score (nSPS) is 18.4. The van der Waals surface area contributed by atoms with E-state index in [0.717, 1.165) is 29.5 Å². The molecule has 2 heterocycles. The van der Waals surface area contributed by atoms with E-state index in [1.54, 1.807) is 17.4 Å². The highest BCUT2D eigenvalue weighted by atomic mass is 32.2. The number of nitrogens with zero attached hydrogens (tertiary/aromatic N) is 1. The highest BCUT2D eigenvalue weighted by Crippen LogP contribution is 2.32. The Morgan fingerprint density at radius 2 is 2.24 bits per heavy atom. The van der Waals surface area contributed by atoms with Crippen LogP contribution in [-0.4, -0.2) is 22.6 Å². The van der Waals surface area contributed by atoms with E-state index in [1.807, 2.05) is 24.4 Å². The average Bonchev–Trinajstić information content (AvgIpc) is 2.89. The fourth-order valence-electron chi connectivity index (χ4n) is 1.51. The number of thiophene rings is 1. The first-order valence-electron chi connectivity index (χ1n) is 5.51. The molecule has 0 bridgehead atoms. The SMILES string of the molecule is CCCCN1C(=O)SC(=Cc2cccs2)C1=O. The summed E-state index contributed by atoms with van der Waals surface area (Å²) < 4.78 is 0. The second-order valence-electron chi connectivity index (χ2n) is 3.70. The van der Waals surface area contributed by atoms with Gasteiger partial charge in [0.2, 0.25) is 0 Å². The third-order valence-corrected chi connectivity index (χ3v) is 4.15. The predicted molar refractivity (Wildman–Crippen MR) is 71.9 cm³/mol. The fourth-order valence-corrected chi connectivity index (χ4v) is 3.10. The summed E-state index contributed by atoms with van der Waals surface area (Å²) >= 11 is 2.60. The zero-order valence-electron chi connectivity index (χ0n) is 9.51. The number of amides is 2. The van der Waals surface area contributed by atoms with Gasteiger partial charge in [-0.15, -0.1) is 11.3 Å². The summed E-state index contributed by atoms with van der Waals surface area (Å²) in [6.45, 7) is 2.57. The van der Waals surface area contributed by atoms with E-state index in [0.29, 0.717) is 11.4 Å².